The number of nitrogens with one attached hydrogen (secondary N) is 4. The second-order valence-corrected chi connectivity index (χ2v) is 9.55. The standard InChI is InChI=1S/C19H28N6O5S/c1-11(2)20-19(26)30-13-6-5-12(9-13)15-10-17(24-23-15)21-16-8-7-14(18(22-16)29-3)25-31(4,27)28/h7-8,10-13,25H,5-6,9H2,1-4H3,(H,20,26)(H2,21,22,23,24). The van der Waals surface area contributed by atoms with E-state index >= 15 is 0 Å². The number of carbonyl (C=O) groups excluding carboxylic acids is 1. The third-order valence-electron chi connectivity index (χ3n) is 4.71. The zero-order valence-corrected chi connectivity index (χ0v) is 18.7. The maximum absolute atomic E-state index is 11.8. The van der Waals surface area contributed by atoms with Crippen LogP contribution in [-0.2, 0) is 14.8 Å². The molecule has 12 heteroatoms. The van der Waals surface area contributed by atoms with Crippen LogP contribution in [-0.4, -0.2) is 55.2 Å². The predicted octanol–water partition coefficient (Wildman–Crippen LogP) is 2.70. The molecule has 2 aromatic rings. The third-order valence-corrected chi connectivity index (χ3v) is 5.30. The number of hydrogen-bond acceptors (Lipinski definition) is 8. The number of pyridine rings is 1. The van der Waals surface area contributed by atoms with Crippen molar-refractivity contribution < 1.29 is 22.7 Å². The summed E-state index contributed by atoms with van der Waals surface area (Å²) in [5, 5.41) is 13.1. The van der Waals surface area contributed by atoms with E-state index in [0.717, 1.165) is 31.2 Å². The molecule has 1 fully saturated rings. The van der Waals surface area contributed by atoms with Gasteiger partial charge in [0, 0.05) is 23.7 Å². The lowest BCUT2D eigenvalue weighted by Crippen LogP contribution is -2.33. The summed E-state index contributed by atoms with van der Waals surface area (Å²) in [5.41, 5.74) is 1.19. The number of H-pyrrole nitrogens is 1. The number of nitrogens with zero attached hydrogens (tertiary/aromatic N) is 2. The van der Waals surface area contributed by atoms with Crippen LogP contribution in [0.1, 0.15) is 44.7 Å². The number of ether oxygens (including phenoxy) is 2. The summed E-state index contributed by atoms with van der Waals surface area (Å²) in [6.07, 6.45) is 2.96. The van der Waals surface area contributed by atoms with Crippen molar-refractivity contribution in [1.82, 2.24) is 20.5 Å². The molecule has 3 rings (SSSR count). The number of alkyl carbamates (subject to hydrolysis) is 1. The SMILES string of the molecule is COc1nc(Nc2cc(C3CCC(OC(=O)NC(C)C)C3)[nH]n2)ccc1NS(C)(=O)=O. The van der Waals surface area contributed by atoms with Gasteiger partial charge in [0.1, 0.15) is 17.6 Å². The smallest absolute Gasteiger partial charge is 0.407 e. The molecule has 1 aliphatic rings. The van der Waals surface area contributed by atoms with Crippen LogP contribution >= 0.6 is 0 Å². The molecule has 2 atom stereocenters. The molecule has 2 unspecified atom stereocenters. The van der Waals surface area contributed by atoms with Gasteiger partial charge in [0.05, 0.1) is 13.4 Å². The highest BCUT2D eigenvalue weighted by atomic mass is 32.2. The fraction of sp³-hybridized carbons (Fsp3) is 0.526. The van der Waals surface area contributed by atoms with Gasteiger partial charge in [-0.3, -0.25) is 9.82 Å². The van der Waals surface area contributed by atoms with Crippen LogP contribution in [0.15, 0.2) is 18.2 Å². The lowest BCUT2D eigenvalue weighted by molar-refractivity contribution is 0.0981. The molecule has 0 aliphatic heterocycles. The van der Waals surface area contributed by atoms with Gasteiger partial charge in [-0.05, 0) is 45.2 Å². The quantitative estimate of drug-likeness (QED) is 0.478. The molecule has 2 aromatic heterocycles. The van der Waals surface area contributed by atoms with Crippen LogP contribution in [0.2, 0.25) is 0 Å². The molecule has 0 radical (unpaired) electrons. The van der Waals surface area contributed by atoms with Gasteiger partial charge in [0.2, 0.25) is 15.9 Å². The second-order valence-electron chi connectivity index (χ2n) is 7.80. The molecule has 0 spiro atoms. The van der Waals surface area contributed by atoms with E-state index < -0.39 is 10.0 Å². The van der Waals surface area contributed by atoms with E-state index in [9.17, 15) is 13.2 Å². The van der Waals surface area contributed by atoms with E-state index in [4.69, 9.17) is 9.47 Å². The monoisotopic (exact) mass is 452 g/mol. The minimum atomic E-state index is -3.45. The number of methoxy groups -OCH3 is 1. The Morgan fingerprint density at radius 3 is 2.71 bits per heavy atom. The number of hydrogen-bond donors (Lipinski definition) is 4. The third kappa shape index (κ3) is 6.48. The van der Waals surface area contributed by atoms with Crippen LogP contribution in [0, 0.1) is 0 Å². The minimum absolute atomic E-state index is 0.0365. The van der Waals surface area contributed by atoms with Crippen LogP contribution < -0.4 is 20.1 Å². The molecule has 0 aromatic carbocycles. The Morgan fingerprint density at radius 2 is 2.03 bits per heavy atom. The van der Waals surface area contributed by atoms with E-state index in [0.29, 0.717) is 11.6 Å². The van der Waals surface area contributed by atoms with Crippen LogP contribution in [0.4, 0.5) is 22.1 Å². The summed E-state index contributed by atoms with van der Waals surface area (Å²) >= 11 is 0. The van der Waals surface area contributed by atoms with Crippen LogP contribution in [0.3, 0.4) is 0 Å². The van der Waals surface area contributed by atoms with E-state index in [1.165, 1.54) is 7.11 Å². The van der Waals surface area contributed by atoms with E-state index in [2.05, 4.69) is 30.5 Å². The molecule has 31 heavy (non-hydrogen) atoms. The Bertz CT molecular complexity index is 1020. The van der Waals surface area contributed by atoms with Crippen molar-refractivity contribution in [3.05, 3.63) is 23.9 Å². The average Bonchev–Trinajstić information content (AvgIpc) is 3.30. The fourth-order valence-electron chi connectivity index (χ4n) is 3.43. The van der Waals surface area contributed by atoms with Gasteiger partial charge in [-0.25, -0.2) is 13.2 Å². The average molecular weight is 453 g/mol. The van der Waals surface area contributed by atoms with Gasteiger partial charge in [0.15, 0.2) is 5.82 Å². The maximum atomic E-state index is 11.8. The molecule has 0 bridgehead atoms. The van der Waals surface area contributed by atoms with Crippen LogP contribution in [0.25, 0.3) is 0 Å². The summed E-state index contributed by atoms with van der Waals surface area (Å²) in [7, 11) is -2.04. The Labute approximate surface area is 181 Å². The first-order valence-corrected chi connectivity index (χ1v) is 11.8. The van der Waals surface area contributed by atoms with Crippen LogP contribution in [0.5, 0.6) is 5.88 Å². The highest BCUT2D eigenvalue weighted by molar-refractivity contribution is 7.92. The molecule has 1 aliphatic carbocycles. The van der Waals surface area contributed by atoms with Gasteiger partial charge in [0.25, 0.3) is 0 Å². The van der Waals surface area contributed by atoms with Gasteiger partial charge in [-0.2, -0.15) is 10.1 Å². The normalized spacial score (nSPS) is 18.6. The maximum Gasteiger partial charge on any atom is 0.407 e. The molecule has 170 valence electrons. The molecule has 1 saturated carbocycles. The minimum Gasteiger partial charge on any atom is -0.479 e. The number of anilines is 3. The van der Waals surface area contributed by atoms with E-state index in [1.807, 2.05) is 19.9 Å². The number of rotatable bonds is 8. The van der Waals surface area contributed by atoms with Gasteiger partial charge in [-0.15, -0.1) is 0 Å². The van der Waals surface area contributed by atoms with Crippen molar-refractivity contribution in [2.45, 2.75) is 51.2 Å². The molecule has 0 saturated heterocycles. The highest BCUT2D eigenvalue weighted by Crippen LogP contribution is 2.36. The Morgan fingerprint density at radius 1 is 1.26 bits per heavy atom. The Kier molecular flexibility index (Phi) is 6.88. The van der Waals surface area contributed by atoms with Crippen molar-refractivity contribution in [3.63, 3.8) is 0 Å². The fourth-order valence-corrected chi connectivity index (χ4v) is 3.99. The molecule has 1 amide bonds. The first-order chi connectivity index (χ1) is 14.6. The van der Waals surface area contributed by atoms with Crippen molar-refractivity contribution in [3.8, 4) is 5.88 Å². The predicted molar refractivity (Wildman–Crippen MR) is 116 cm³/mol. The molecule has 2 heterocycles. The van der Waals surface area contributed by atoms with E-state index in [1.54, 1.807) is 12.1 Å². The number of sulfonamides is 1. The molecule has 4 N–H and O–H groups in total. The summed E-state index contributed by atoms with van der Waals surface area (Å²) in [6.45, 7) is 3.77. The lowest BCUT2D eigenvalue weighted by Gasteiger charge is -2.14. The summed E-state index contributed by atoms with van der Waals surface area (Å²) in [6, 6.07) is 5.11. The number of carbonyl (C=O) groups is 1. The molecule has 11 nitrogen and oxygen atoms in total. The van der Waals surface area contributed by atoms with Gasteiger partial charge < -0.3 is 20.1 Å². The lowest BCUT2D eigenvalue weighted by atomic mass is 10.0. The summed E-state index contributed by atoms with van der Waals surface area (Å²) < 4.78 is 35.9. The Balaban J connectivity index is 1.61. The van der Waals surface area contributed by atoms with Crippen molar-refractivity contribution in [2.24, 2.45) is 0 Å². The second kappa shape index (κ2) is 9.41. The summed E-state index contributed by atoms with van der Waals surface area (Å²) in [4.78, 5) is 16.1. The first kappa shape index (κ1) is 22.7. The van der Waals surface area contributed by atoms with Gasteiger partial charge >= 0.3 is 6.09 Å². The first-order valence-electron chi connectivity index (χ1n) is 9.95. The number of aromatic nitrogens is 3. The van der Waals surface area contributed by atoms with Gasteiger partial charge in [-0.1, -0.05) is 0 Å². The zero-order chi connectivity index (χ0) is 22.6. The highest BCUT2D eigenvalue weighted by Gasteiger charge is 2.30. The molecular weight excluding hydrogens is 424 g/mol. The largest absolute Gasteiger partial charge is 0.479 e. The van der Waals surface area contributed by atoms with Crippen molar-refractivity contribution in [2.75, 3.05) is 23.4 Å². The zero-order valence-electron chi connectivity index (χ0n) is 17.9. The summed E-state index contributed by atoms with van der Waals surface area (Å²) in [5.74, 6) is 1.37. The topological polar surface area (TPSA) is 147 Å². The molecular formula is C19H28N6O5S. The van der Waals surface area contributed by atoms with Crippen molar-refractivity contribution in [1.29, 1.82) is 0 Å². The van der Waals surface area contributed by atoms with E-state index in [-0.39, 0.29) is 35.7 Å². The number of amides is 1. The van der Waals surface area contributed by atoms with Crippen molar-refractivity contribution >= 4 is 33.4 Å². The Hall–Kier alpha value is -3.02. The number of aromatic amines is 1.